The van der Waals surface area contributed by atoms with Gasteiger partial charge in [0.15, 0.2) is 0 Å². The molecule has 68 valence electrons. The van der Waals surface area contributed by atoms with Crippen LogP contribution in [0.25, 0.3) is 5.70 Å². The molecule has 0 amide bonds. The van der Waals surface area contributed by atoms with Crippen LogP contribution in [-0.4, -0.2) is 0 Å². The first-order valence-corrected chi connectivity index (χ1v) is 5.50. The van der Waals surface area contributed by atoms with E-state index in [0.717, 1.165) is 9.35 Å². The summed E-state index contributed by atoms with van der Waals surface area (Å²) in [6, 6.07) is 4.04. The van der Waals surface area contributed by atoms with E-state index in [4.69, 9.17) is 11.0 Å². The van der Waals surface area contributed by atoms with Crippen LogP contribution in [0, 0.1) is 11.3 Å². The maximum atomic E-state index is 8.79. The molecule has 13 heavy (non-hydrogen) atoms. The Hall–Kier alpha value is -0.790. The molecule has 0 bridgehead atoms. The molecule has 1 rings (SSSR count). The summed E-state index contributed by atoms with van der Waals surface area (Å²) in [5.41, 5.74) is 7.07. The molecule has 1 aromatic heterocycles. The third kappa shape index (κ3) is 2.11. The first-order chi connectivity index (χ1) is 6.20. The number of hydrogen-bond acceptors (Lipinski definition) is 3. The molecule has 0 aliphatic carbocycles. The van der Waals surface area contributed by atoms with Gasteiger partial charge in [-0.05, 0) is 33.8 Å². The Morgan fingerprint density at radius 3 is 2.85 bits per heavy atom. The fourth-order valence-electron chi connectivity index (χ4n) is 0.953. The summed E-state index contributed by atoms with van der Waals surface area (Å²) in [7, 11) is 0. The van der Waals surface area contributed by atoms with Crippen LogP contribution >= 0.6 is 27.3 Å². The summed E-state index contributed by atoms with van der Waals surface area (Å²) < 4.78 is 0.955. The van der Waals surface area contributed by atoms with E-state index in [9.17, 15) is 0 Å². The number of thiophene rings is 1. The van der Waals surface area contributed by atoms with Gasteiger partial charge in [0.1, 0.15) is 0 Å². The second-order valence-electron chi connectivity index (χ2n) is 2.46. The van der Waals surface area contributed by atoms with E-state index in [0.29, 0.717) is 17.7 Å². The SMILES string of the molecule is CC/C(C#N)=C(/N)c1sccc1Br. The van der Waals surface area contributed by atoms with Crippen molar-refractivity contribution in [3.8, 4) is 6.07 Å². The molecule has 1 aromatic rings. The molecule has 0 unspecified atom stereocenters. The quantitative estimate of drug-likeness (QED) is 0.827. The lowest BCUT2D eigenvalue weighted by atomic mass is 10.1. The molecule has 0 saturated heterocycles. The summed E-state index contributed by atoms with van der Waals surface area (Å²) in [5, 5.41) is 10.7. The van der Waals surface area contributed by atoms with Gasteiger partial charge in [0.2, 0.25) is 0 Å². The largest absolute Gasteiger partial charge is 0.397 e. The highest BCUT2D eigenvalue weighted by molar-refractivity contribution is 9.10. The normalized spacial score (nSPS) is 12.1. The van der Waals surface area contributed by atoms with E-state index in [2.05, 4.69) is 22.0 Å². The summed E-state index contributed by atoms with van der Waals surface area (Å²) >= 11 is 4.92. The van der Waals surface area contributed by atoms with Crippen LogP contribution in [0.3, 0.4) is 0 Å². The summed E-state index contributed by atoms with van der Waals surface area (Å²) in [4.78, 5) is 0.943. The van der Waals surface area contributed by atoms with E-state index in [-0.39, 0.29) is 0 Å². The third-order valence-corrected chi connectivity index (χ3v) is 3.55. The van der Waals surface area contributed by atoms with Crippen molar-refractivity contribution in [2.24, 2.45) is 5.73 Å². The van der Waals surface area contributed by atoms with Gasteiger partial charge in [-0.3, -0.25) is 0 Å². The smallest absolute Gasteiger partial charge is 0.0969 e. The monoisotopic (exact) mass is 256 g/mol. The van der Waals surface area contributed by atoms with Crippen molar-refractivity contribution >= 4 is 33.0 Å². The second kappa shape index (κ2) is 4.45. The van der Waals surface area contributed by atoms with Gasteiger partial charge in [-0.15, -0.1) is 11.3 Å². The van der Waals surface area contributed by atoms with Gasteiger partial charge in [-0.1, -0.05) is 6.92 Å². The summed E-state index contributed by atoms with van der Waals surface area (Å²) in [5.74, 6) is 0. The first-order valence-electron chi connectivity index (χ1n) is 3.82. The van der Waals surface area contributed by atoms with Crippen LogP contribution in [0.2, 0.25) is 0 Å². The van der Waals surface area contributed by atoms with Crippen LogP contribution in [0.4, 0.5) is 0 Å². The Bertz CT molecular complexity index is 373. The average Bonchev–Trinajstić information content (AvgIpc) is 2.53. The van der Waals surface area contributed by atoms with Gasteiger partial charge in [0.25, 0.3) is 0 Å². The highest BCUT2D eigenvalue weighted by atomic mass is 79.9. The number of rotatable bonds is 2. The number of allylic oxidation sites excluding steroid dienone is 1. The standard InChI is InChI=1S/C9H9BrN2S/c1-2-6(5-11)8(12)9-7(10)3-4-13-9/h3-4H,2,12H2,1H3/b8-6-. The number of halogens is 1. The van der Waals surface area contributed by atoms with Crippen molar-refractivity contribution < 1.29 is 0 Å². The molecule has 0 radical (unpaired) electrons. The fourth-order valence-corrected chi connectivity index (χ4v) is 2.52. The van der Waals surface area contributed by atoms with E-state index >= 15 is 0 Å². The zero-order valence-corrected chi connectivity index (χ0v) is 9.58. The number of nitrogens with zero attached hydrogens (tertiary/aromatic N) is 1. The van der Waals surface area contributed by atoms with Crippen molar-refractivity contribution in [3.63, 3.8) is 0 Å². The molecular formula is C9H9BrN2S. The molecule has 0 saturated carbocycles. The minimum Gasteiger partial charge on any atom is -0.397 e. The lowest BCUT2D eigenvalue weighted by Gasteiger charge is -2.01. The van der Waals surface area contributed by atoms with Crippen LogP contribution in [0.15, 0.2) is 21.5 Å². The highest BCUT2D eigenvalue weighted by Gasteiger charge is 2.08. The lowest BCUT2D eigenvalue weighted by molar-refractivity contribution is 1.15. The summed E-state index contributed by atoms with van der Waals surface area (Å²) in [6.07, 6.45) is 0.673. The van der Waals surface area contributed by atoms with Crippen molar-refractivity contribution in [3.05, 3.63) is 26.4 Å². The van der Waals surface area contributed by atoms with Crippen LogP contribution < -0.4 is 5.73 Å². The minimum absolute atomic E-state index is 0.590. The Balaban J connectivity index is 3.17. The van der Waals surface area contributed by atoms with Gasteiger partial charge in [0.05, 0.1) is 22.2 Å². The molecule has 0 atom stereocenters. The molecule has 0 spiro atoms. The van der Waals surface area contributed by atoms with Crippen LogP contribution in [0.1, 0.15) is 18.2 Å². The topological polar surface area (TPSA) is 49.8 Å². The van der Waals surface area contributed by atoms with Crippen molar-refractivity contribution in [2.75, 3.05) is 0 Å². The predicted octanol–water partition coefficient (Wildman–Crippen LogP) is 3.11. The number of nitriles is 1. The van der Waals surface area contributed by atoms with E-state index < -0.39 is 0 Å². The molecule has 2 nitrogen and oxygen atoms in total. The highest BCUT2D eigenvalue weighted by Crippen LogP contribution is 2.29. The molecule has 1 heterocycles. The van der Waals surface area contributed by atoms with E-state index in [1.54, 1.807) is 0 Å². The van der Waals surface area contributed by atoms with E-state index in [1.165, 1.54) is 11.3 Å². The second-order valence-corrected chi connectivity index (χ2v) is 4.23. The molecule has 4 heteroatoms. The van der Waals surface area contributed by atoms with Crippen LogP contribution in [0.5, 0.6) is 0 Å². The maximum Gasteiger partial charge on any atom is 0.0969 e. The molecule has 2 N–H and O–H groups in total. The van der Waals surface area contributed by atoms with Crippen molar-refractivity contribution in [1.82, 2.24) is 0 Å². The summed E-state index contributed by atoms with van der Waals surface area (Å²) in [6.45, 7) is 1.92. The van der Waals surface area contributed by atoms with Gasteiger partial charge in [-0.25, -0.2) is 0 Å². The molecular weight excluding hydrogens is 248 g/mol. The van der Waals surface area contributed by atoms with Gasteiger partial charge in [0, 0.05) is 4.47 Å². The maximum absolute atomic E-state index is 8.79. The Labute approximate surface area is 89.8 Å². The zero-order valence-electron chi connectivity index (χ0n) is 7.17. The van der Waals surface area contributed by atoms with Crippen LogP contribution in [-0.2, 0) is 0 Å². The molecule has 0 fully saturated rings. The van der Waals surface area contributed by atoms with Crippen molar-refractivity contribution in [2.45, 2.75) is 13.3 Å². The minimum atomic E-state index is 0.590. The fraction of sp³-hybridized carbons (Fsp3) is 0.222. The zero-order chi connectivity index (χ0) is 9.84. The lowest BCUT2D eigenvalue weighted by Crippen LogP contribution is -1.98. The average molecular weight is 257 g/mol. The molecule has 0 aliphatic rings. The Morgan fingerprint density at radius 2 is 2.46 bits per heavy atom. The van der Waals surface area contributed by atoms with E-state index in [1.807, 2.05) is 18.4 Å². The first kappa shape index (κ1) is 10.3. The van der Waals surface area contributed by atoms with Gasteiger partial charge >= 0.3 is 0 Å². The number of hydrogen-bond donors (Lipinski definition) is 1. The van der Waals surface area contributed by atoms with Crippen molar-refractivity contribution in [1.29, 1.82) is 5.26 Å². The predicted molar refractivity (Wildman–Crippen MR) is 59.0 cm³/mol. The van der Waals surface area contributed by atoms with Gasteiger partial charge in [-0.2, -0.15) is 5.26 Å². The third-order valence-electron chi connectivity index (χ3n) is 1.68. The molecule has 0 aliphatic heterocycles. The Kier molecular flexibility index (Phi) is 3.52. The molecule has 0 aromatic carbocycles. The Morgan fingerprint density at radius 1 is 1.77 bits per heavy atom. The number of nitrogens with two attached hydrogens (primary N) is 1. The van der Waals surface area contributed by atoms with Gasteiger partial charge < -0.3 is 5.73 Å².